The van der Waals surface area contributed by atoms with Crippen molar-refractivity contribution in [1.82, 2.24) is 4.90 Å². The lowest BCUT2D eigenvalue weighted by Crippen LogP contribution is -2.37. The van der Waals surface area contributed by atoms with Crippen molar-refractivity contribution in [3.8, 4) is 0 Å². The molecule has 1 saturated heterocycles. The summed E-state index contributed by atoms with van der Waals surface area (Å²) >= 11 is 0. The number of ketones is 1. The number of aliphatic hydroxyl groups excluding tert-OH is 1. The third-order valence-corrected chi connectivity index (χ3v) is 5.11. The molecule has 4 rings (SSSR count). The van der Waals surface area contributed by atoms with Gasteiger partial charge in [-0.25, -0.2) is 0 Å². The van der Waals surface area contributed by atoms with Crippen molar-refractivity contribution in [1.29, 1.82) is 0 Å². The number of Topliss-reactive ketones (excluding diaryl/α,β-unsaturated/α-hetero) is 1. The summed E-state index contributed by atoms with van der Waals surface area (Å²) in [4.78, 5) is 27.3. The average molecular weight is 367 g/mol. The van der Waals surface area contributed by atoms with E-state index in [-0.39, 0.29) is 17.4 Å². The number of amides is 1. The van der Waals surface area contributed by atoms with Gasteiger partial charge in [0, 0.05) is 13.2 Å². The monoisotopic (exact) mass is 367 g/mol. The van der Waals surface area contributed by atoms with Crippen molar-refractivity contribution < 1.29 is 23.8 Å². The second-order valence-electron chi connectivity index (χ2n) is 6.97. The molecule has 1 aromatic carbocycles. The molecule has 0 radical (unpaired) electrons. The minimum atomic E-state index is -0.667. The van der Waals surface area contributed by atoms with E-state index >= 15 is 0 Å². The van der Waals surface area contributed by atoms with Gasteiger partial charge < -0.3 is 19.2 Å². The quantitative estimate of drug-likeness (QED) is 0.820. The Bertz CT molecular complexity index is 876. The minimum absolute atomic E-state index is 0.0526. The van der Waals surface area contributed by atoms with Gasteiger partial charge in [-0.05, 0) is 37.5 Å². The number of furan rings is 1. The van der Waals surface area contributed by atoms with E-state index in [4.69, 9.17) is 9.15 Å². The first-order valence-electron chi connectivity index (χ1n) is 9.06. The van der Waals surface area contributed by atoms with Crippen LogP contribution in [0.5, 0.6) is 0 Å². The lowest BCUT2D eigenvalue weighted by molar-refractivity contribution is -0.131. The molecule has 2 aliphatic heterocycles. The van der Waals surface area contributed by atoms with E-state index in [0.29, 0.717) is 13.2 Å². The Kier molecular flexibility index (Phi) is 4.58. The van der Waals surface area contributed by atoms with E-state index < -0.39 is 23.5 Å². The third kappa shape index (κ3) is 3.17. The van der Waals surface area contributed by atoms with Crippen LogP contribution in [0.4, 0.5) is 0 Å². The third-order valence-electron chi connectivity index (χ3n) is 5.11. The molecule has 6 heteroatoms. The van der Waals surface area contributed by atoms with Gasteiger partial charge in [-0.15, -0.1) is 0 Å². The first-order valence-corrected chi connectivity index (χ1v) is 9.06. The molecule has 0 unspecified atom stereocenters. The standard InChI is InChI=1S/C21H21NO5/c1-13-6-8-14(9-7-13)18-17(19(23)16-5-3-11-27-16)20(24)21(25)22(18)12-15-4-2-10-26-15/h3,5-9,11,15,18,24H,2,4,10,12H2,1H3/t15-,18-/m0/s1. The molecular formula is C21H21NO5. The number of aryl methyl sites for hydroxylation is 1. The zero-order valence-corrected chi connectivity index (χ0v) is 15.1. The Labute approximate surface area is 157 Å². The van der Waals surface area contributed by atoms with Gasteiger partial charge in [-0.3, -0.25) is 9.59 Å². The topological polar surface area (TPSA) is 80.0 Å². The molecule has 0 aliphatic carbocycles. The van der Waals surface area contributed by atoms with Crippen molar-refractivity contribution in [2.24, 2.45) is 0 Å². The molecule has 2 atom stereocenters. The highest BCUT2D eigenvalue weighted by atomic mass is 16.5. The molecule has 2 aromatic rings. The summed E-state index contributed by atoms with van der Waals surface area (Å²) < 4.78 is 10.9. The van der Waals surface area contributed by atoms with Crippen LogP contribution in [0.15, 0.2) is 58.4 Å². The van der Waals surface area contributed by atoms with Gasteiger partial charge in [0.15, 0.2) is 11.5 Å². The maximum absolute atomic E-state index is 13.0. The number of hydrogen-bond acceptors (Lipinski definition) is 5. The highest BCUT2D eigenvalue weighted by molar-refractivity contribution is 6.15. The van der Waals surface area contributed by atoms with E-state index in [9.17, 15) is 14.7 Å². The van der Waals surface area contributed by atoms with Crippen LogP contribution in [0.1, 0.15) is 40.6 Å². The SMILES string of the molecule is Cc1ccc([C@H]2C(C(=O)c3ccco3)=C(O)C(=O)N2C[C@@H]2CCCO2)cc1. The average Bonchev–Trinajstić information content (AvgIpc) is 3.41. The maximum atomic E-state index is 13.0. The number of benzene rings is 1. The molecular weight excluding hydrogens is 346 g/mol. The summed E-state index contributed by atoms with van der Waals surface area (Å²) in [6.45, 7) is 2.96. The molecule has 3 heterocycles. The van der Waals surface area contributed by atoms with Crippen LogP contribution in [0.25, 0.3) is 0 Å². The van der Waals surface area contributed by atoms with E-state index in [2.05, 4.69) is 0 Å². The molecule has 1 amide bonds. The van der Waals surface area contributed by atoms with E-state index in [0.717, 1.165) is 24.0 Å². The van der Waals surface area contributed by atoms with E-state index in [1.54, 1.807) is 6.07 Å². The summed E-state index contributed by atoms with van der Waals surface area (Å²) in [5.41, 5.74) is 1.89. The van der Waals surface area contributed by atoms with E-state index in [1.165, 1.54) is 17.2 Å². The fourth-order valence-corrected chi connectivity index (χ4v) is 3.72. The molecule has 0 spiro atoms. The minimum Gasteiger partial charge on any atom is -0.503 e. The number of carbonyl (C=O) groups excluding carboxylic acids is 2. The number of hydrogen-bond donors (Lipinski definition) is 1. The summed E-state index contributed by atoms with van der Waals surface area (Å²) in [6, 6.07) is 10.1. The predicted octanol–water partition coefficient (Wildman–Crippen LogP) is 3.35. The number of aliphatic hydroxyl groups is 1. The Hall–Kier alpha value is -2.86. The van der Waals surface area contributed by atoms with Crippen LogP contribution >= 0.6 is 0 Å². The van der Waals surface area contributed by atoms with Gasteiger partial charge in [-0.1, -0.05) is 29.8 Å². The summed E-state index contributed by atoms with van der Waals surface area (Å²) in [6.07, 6.45) is 3.10. The summed E-state index contributed by atoms with van der Waals surface area (Å²) in [7, 11) is 0. The second kappa shape index (κ2) is 7.04. The molecule has 2 aliphatic rings. The Morgan fingerprint density at radius 3 is 2.67 bits per heavy atom. The zero-order chi connectivity index (χ0) is 19.0. The highest BCUT2D eigenvalue weighted by Gasteiger charge is 2.45. The smallest absolute Gasteiger partial charge is 0.290 e. The van der Waals surface area contributed by atoms with Crippen molar-refractivity contribution >= 4 is 11.7 Å². The van der Waals surface area contributed by atoms with Crippen LogP contribution in [0.2, 0.25) is 0 Å². The lowest BCUT2D eigenvalue weighted by Gasteiger charge is -2.28. The number of carbonyl (C=O) groups is 2. The molecule has 0 bridgehead atoms. The molecule has 140 valence electrons. The largest absolute Gasteiger partial charge is 0.503 e. The van der Waals surface area contributed by atoms with Gasteiger partial charge in [0.05, 0.1) is 24.0 Å². The Morgan fingerprint density at radius 2 is 2.04 bits per heavy atom. The lowest BCUT2D eigenvalue weighted by atomic mass is 9.94. The van der Waals surface area contributed by atoms with Gasteiger partial charge in [0.1, 0.15) is 0 Å². The van der Waals surface area contributed by atoms with Crippen LogP contribution in [0.3, 0.4) is 0 Å². The predicted molar refractivity (Wildman–Crippen MR) is 97.3 cm³/mol. The zero-order valence-electron chi connectivity index (χ0n) is 15.1. The Balaban J connectivity index is 1.75. The first kappa shape index (κ1) is 17.5. The molecule has 27 heavy (non-hydrogen) atoms. The van der Waals surface area contributed by atoms with Gasteiger partial charge >= 0.3 is 0 Å². The van der Waals surface area contributed by atoms with E-state index in [1.807, 2.05) is 31.2 Å². The number of rotatable bonds is 5. The maximum Gasteiger partial charge on any atom is 0.290 e. The van der Waals surface area contributed by atoms with Crippen molar-refractivity contribution in [2.75, 3.05) is 13.2 Å². The van der Waals surface area contributed by atoms with Crippen molar-refractivity contribution in [3.05, 3.63) is 70.9 Å². The second-order valence-corrected chi connectivity index (χ2v) is 6.97. The van der Waals surface area contributed by atoms with Crippen LogP contribution in [-0.2, 0) is 9.53 Å². The van der Waals surface area contributed by atoms with Crippen molar-refractivity contribution in [3.63, 3.8) is 0 Å². The van der Waals surface area contributed by atoms with Gasteiger partial charge in [-0.2, -0.15) is 0 Å². The summed E-state index contributed by atoms with van der Waals surface area (Å²) in [5, 5.41) is 10.5. The Morgan fingerprint density at radius 1 is 1.26 bits per heavy atom. The normalized spacial score (nSPS) is 22.7. The number of nitrogens with zero attached hydrogens (tertiary/aromatic N) is 1. The first-order chi connectivity index (χ1) is 13.1. The summed E-state index contributed by atoms with van der Waals surface area (Å²) in [5.74, 6) is -1.45. The highest BCUT2D eigenvalue weighted by Crippen LogP contribution is 2.39. The molecule has 1 fully saturated rings. The molecule has 1 aromatic heterocycles. The van der Waals surface area contributed by atoms with Crippen LogP contribution < -0.4 is 0 Å². The van der Waals surface area contributed by atoms with Gasteiger partial charge in [0.2, 0.25) is 5.78 Å². The molecule has 1 N–H and O–H groups in total. The number of ether oxygens (including phenoxy) is 1. The van der Waals surface area contributed by atoms with Crippen LogP contribution in [0, 0.1) is 6.92 Å². The van der Waals surface area contributed by atoms with Crippen molar-refractivity contribution in [2.45, 2.75) is 31.9 Å². The van der Waals surface area contributed by atoms with Crippen LogP contribution in [-0.4, -0.2) is 41.0 Å². The fourth-order valence-electron chi connectivity index (χ4n) is 3.72. The molecule has 0 saturated carbocycles. The fraction of sp³-hybridized carbons (Fsp3) is 0.333. The molecule has 6 nitrogen and oxygen atoms in total. The van der Waals surface area contributed by atoms with Gasteiger partial charge in [0.25, 0.3) is 5.91 Å².